The van der Waals surface area contributed by atoms with E-state index in [-0.39, 0.29) is 11.9 Å². The van der Waals surface area contributed by atoms with Crippen LogP contribution in [-0.2, 0) is 9.53 Å². The normalized spacial score (nSPS) is 12.9. The maximum atomic E-state index is 11.3. The molecule has 0 aromatic carbocycles. The SMILES string of the molecule is CCCCC(=O)C(C)OCCC. The molecule has 1 unspecified atom stereocenters. The molecule has 0 aliphatic heterocycles. The lowest BCUT2D eigenvalue weighted by molar-refractivity contribution is -0.129. The van der Waals surface area contributed by atoms with E-state index in [4.69, 9.17) is 4.74 Å². The van der Waals surface area contributed by atoms with Gasteiger partial charge in [0.25, 0.3) is 0 Å². The Kier molecular flexibility index (Phi) is 7.06. The van der Waals surface area contributed by atoms with Gasteiger partial charge in [0.15, 0.2) is 5.78 Å². The first-order valence-corrected chi connectivity index (χ1v) is 4.86. The van der Waals surface area contributed by atoms with Gasteiger partial charge in [-0.15, -0.1) is 0 Å². The summed E-state index contributed by atoms with van der Waals surface area (Å²) in [6, 6.07) is 0. The number of Topliss-reactive ketones (excluding diaryl/α,β-unsaturated/α-hetero) is 1. The second kappa shape index (κ2) is 7.29. The molecule has 0 amide bonds. The molecule has 72 valence electrons. The van der Waals surface area contributed by atoms with Gasteiger partial charge in [-0.2, -0.15) is 0 Å². The molecular formula is C10H20O2. The summed E-state index contributed by atoms with van der Waals surface area (Å²) in [6.07, 6.45) is 3.51. The quantitative estimate of drug-likeness (QED) is 0.590. The Bertz CT molecular complexity index is 121. The van der Waals surface area contributed by atoms with Gasteiger partial charge in [-0.3, -0.25) is 4.79 Å². The first kappa shape index (κ1) is 11.6. The van der Waals surface area contributed by atoms with Crippen LogP contribution in [0.3, 0.4) is 0 Å². The van der Waals surface area contributed by atoms with Gasteiger partial charge in [0.2, 0.25) is 0 Å². The molecule has 0 radical (unpaired) electrons. The van der Waals surface area contributed by atoms with Crippen molar-refractivity contribution in [3.8, 4) is 0 Å². The molecule has 0 aliphatic carbocycles. The Morgan fingerprint density at radius 2 is 2.00 bits per heavy atom. The highest BCUT2D eigenvalue weighted by Gasteiger charge is 2.11. The van der Waals surface area contributed by atoms with Crippen LogP contribution in [0.4, 0.5) is 0 Å². The minimum Gasteiger partial charge on any atom is -0.371 e. The van der Waals surface area contributed by atoms with Crippen molar-refractivity contribution >= 4 is 5.78 Å². The van der Waals surface area contributed by atoms with Crippen LogP contribution < -0.4 is 0 Å². The third-order valence-corrected chi connectivity index (χ3v) is 1.80. The second-order valence-electron chi connectivity index (χ2n) is 3.08. The van der Waals surface area contributed by atoms with Gasteiger partial charge in [-0.05, 0) is 19.8 Å². The number of carbonyl (C=O) groups is 1. The van der Waals surface area contributed by atoms with E-state index in [0.717, 1.165) is 19.3 Å². The van der Waals surface area contributed by atoms with Crippen molar-refractivity contribution in [3.63, 3.8) is 0 Å². The van der Waals surface area contributed by atoms with Crippen molar-refractivity contribution in [2.45, 2.75) is 52.6 Å². The van der Waals surface area contributed by atoms with Crippen molar-refractivity contribution in [1.29, 1.82) is 0 Å². The minimum atomic E-state index is -0.198. The van der Waals surface area contributed by atoms with Crippen molar-refractivity contribution in [2.75, 3.05) is 6.61 Å². The molecule has 0 heterocycles. The zero-order valence-corrected chi connectivity index (χ0v) is 8.43. The van der Waals surface area contributed by atoms with E-state index >= 15 is 0 Å². The minimum absolute atomic E-state index is 0.198. The van der Waals surface area contributed by atoms with E-state index in [1.165, 1.54) is 0 Å². The maximum Gasteiger partial charge on any atom is 0.161 e. The zero-order valence-electron chi connectivity index (χ0n) is 8.43. The Morgan fingerprint density at radius 3 is 2.50 bits per heavy atom. The van der Waals surface area contributed by atoms with Crippen LogP contribution >= 0.6 is 0 Å². The van der Waals surface area contributed by atoms with Crippen LogP contribution in [0.1, 0.15) is 46.5 Å². The fraction of sp³-hybridized carbons (Fsp3) is 0.900. The summed E-state index contributed by atoms with van der Waals surface area (Å²) >= 11 is 0. The van der Waals surface area contributed by atoms with Crippen LogP contribution in [0.2, 0.25) is 0 Å². The highest BCUT2D eigenvalue weighted by Crippen LogP contribution is 2.02. The van der Waals surface area contributed by atoms with Crippen molar-refractivity contribution in [2.24, 2.45) is 0 Å². The molecule has 0 rings (SSSR count). The molecule has 1 atom stereocenters. The summed E-state index contributed by atoms with van der Waals surface area (Å²) in [5.74, 6) is 0.241. The number of ether oxygens (including phenoxy) is 1. The average molecular weight is 172 g/mol. The Morgan fingerprint density at radius 1 is 1.33 bits per heavy atom. The summed E-state index contributed by atoms with van der Waals surface area (Å²) in [4.78, 5) is 11.3. The highest BCUT2D eigenvalue weighted by molar-refractivity contribution is 5.82. The van der Waals surface area contributed by atoms with E-state index < -0.39 is 0 Å². The Hall–Kier alpha value is -0.370. The van der Waals surface area contributed by atoms with Crippen LogP contribution in [0.5, 0.6) is 0 Å². The van der Waals surface area contributed by atoms with E-state index in [9.17, 15) is 4.79 Å². The lowest BCUT2D eigenvalue weighted by Crippen LogP contribution is -2.20. The van der Waals surface area contributed by atoms with Gasteiger partial charge in [-0.25, -0.2) is 0 Å². The van der Waals surface area contributed by atoms with E-state index in [1.807, 2.05) is 13.8 Å². The first-order chi connectivity index (χ1) is 5.72. The zero-order chi connectivity index (χ0) is 9.40. The molecule has 0 aromatic heterocycles. The molecular weight excluding hydrogens is 152 g/mol. The number of hydrogen-bond acceptors (Lipinski definition) is 2. The molecule has 0 saturated carbocycles. The molecule has 2 nitrogen and oxygen atoms in total. The van der Waals surface area contributed by atoms with Gasteiger partial charge in [0.1, 0.15) is 6.10 Å². The highest BCUT2D eigenvalue weighted by atomic mass is 16.5. The molecule has 0 aromatic rings. The first-order valence-electron chi connectivity index (χ1n) is 4.86. The van der Waals surface area contributed by atoms with Crippen LogP contribution in [0.15, 0.2) is 0 Å². The van der Waals surface area contributed by atoms with Gasteiger partial charge in [0, 0.05) is 13.0 Å². The van der Waals surface area contributed by atoms with Crippen molar-refractivity contribution in [3.05, 3.63) is 0 Å². The number of hydrogen-bond donors (Lipinski definition) is 0. The Labute approximate surface area is 75.3 Å². The summed E-state index contributed by atoms with van der Waals surface area (Å²) in [6.45, 7) is 6.67. The number of rotatable bonds is 7. The summed E-state index contributed by atoms with van der Waals surface area (Å²) in [7, 11) is 0. The monoisotopic (exact) mass is 172 g/mol. The van der Waals surface area contributed by atoms with Crippen LogP contribution in [0.25, 0.3) is 0 Å². The maximum absolute atomic E-state index is 11.3. The fourth-order valence-electron chi connectivity index (χ4n) is 0.942. The second-order valence-corrected chi connectivity index (χ2v) is 3.08. The third-order valence-electron chi connectivity index (χ3n) is 1.80. The van der Waals surface area contributed by atoms with Crippen LogP contribution in [-0.4, -0.2) is 18.5 Å². The number of unbranched alkanes of at least 4 members (excludes halogenated alkanes) is 1. The van der Waals surface area contributed by atoms with E-state index in [0.29, 0.717) is 13.0 Å². The van der Waals surface area contributed by atoms with E-state index in [1.54, 1.807) is 0 Å². The van der Waals surface area contributed by atoms with Crippen molar-refractivity contribution < 1.29 is 9.53 Å². The molecule has 0 aliphatic rings. The standard InChI is InChI=1S/C10H20O2/c1-4-6-7-10(11)9(3)12-8-5-2/h9H,4-8H2,1-3H3. The lowest BCUT2D eigenvalue weighted by atomic mass is 10.1. The van der Waals surface area contributed by atoms with Gasteiger partial charge < -0.3 is 4.74 Å². The topological polar surface area (TPSA) is 26.3 Å². The largest absolute Gasteiger partial charge is 0.371 e. The van der Waals surface area contributed by atoms with Crippen molar-refractivity contribution in [1.82, 2.24) is 0 Å². The molecule has 0 spiro atoms. The van der Waals surface area contributed by atoms with Crippen LogP contribution in [0, 0.1) is 0 Å². The lowest BCUT2D eigenvalue weighted by Gasteiger charge is -2.10. The smallest absolute Gasteiger partial charge is 0.161 e. The third kappa shape index (κ3) is 5.30. The predicted octanol–water partition coefficient (Wildman–Crippen LogP) is 2.56. The molecule has 0 N–H and O–H groups in total. The van der Waals surface area contributed by atoms with Gasteiger partial charge >= 0.3 is 0 Å². The number of ketones is 1. The summed E-state index contributed by atoms with van der Waals surface area (Å²) in [5.41, 5.74) is 0. The van der Waals surface area contributed by atoms with Gasteiger partial charge in [-0.1, -0.05) is 20.3 Å². The summed E-state index contributed by atoms with van der Waals surface area (Å²) in [5, 5.41) is 0. The molecule has 2 heteroatoms. The molecule has 12 heavy (non-hydrogen) atoms. The van der Waals surface area contributed by atoms with Gasteiger partial charge in [0.05, 0.1) is 0 Å². The van der Waals surface area contributed by atoms with E-state index in [2.05, 4.69) is 6.92 Å². The molecule has 0 bridgehead atoms. The molecule has 0 saturated heterocycles. The Balaban J connectivity index is 3.47. The predicted molar refractivity (Wildman–Crippen MR) is 50.2 cm³/mol. The fourth-order valence-corrected chi connectivity index (χ4v) is 0.942. The average Bonchev–Trinajstić information content (AvgIpc) is 2.10. The molecule has 0 fully saturated rings. The number of carbonyl (C=O) groups excluding carboxylic acids is 1. The summed E-state index contributed by atoms with van der Waals surface area (Å²) < 4.78 is 5.30.